The van der Waals surface area contributed by atoms with Crippen molar-refractivity contribution in [3.63, 3.8) is 0 Å². The van der Waals surface area contributed by atoms with Gasteiger partial charge in [-0.3, -0.25) is 4.21 Å². The van der Waals surface area contributed by atoms with Crippen molar-refractivity contribution in [1.82, 2.24) is 0 Å². The Morgan fingerprint density at radius 2 is 1.86 bits per heavy atom. The molecule has 120 valence electrons. The summed E-state index contributed by atoms with van der Waals surface area (Å²) in [4.78, 5) is 0.0618. The van der Waals surface area contributed by atoms with Gasteiger partial charge < -0.3 is 0 Å². The smallest absolute Gasteiger partial charge is 0.254 e. The van der Waals surface area contributed by atoms with E-state index in [1.807, 2.05) is 0 Å². The number of sulfone groups is 1. The Hall–Kier alpha value is -0.890. The fourth-order valence-corrected chi connectivity index (χ4v) is 3.89. The number of hydrogen-bond donors (Lipinski definition) is 0. The van der Waals surface area contributed by atoms with Crippen molar-refractivity contribution >= 4 is 20.6 Å². The molecule has 8 heteroatoms. The monoisotopic (exact) mass is 342 g/mol. The Kier molecular flexibility index (Phi) is 5.98. The van der Waals surface area contributed by atoms with Crippen LogP contribution in [-0.4, -0.2) is 29.4 Å². The summed E-state index contributed by atoms with van der Waals surface area (Å²) in [6.07, 6.45) is -4.33. The minimum atomic E-state index is -4.48. The second-order valence-electron chi connectivity index (χ2n) is 4.84. The van der Waals surface area contributed by atoms with Crippen LogP contribution < -0.4 is 0 Å². The lowest BCUT2D eigenvalue weighted by Crippen LogP contribution is -2.19. The van der Waals surface area contributed by atoms with Gasteiger partial charge in [-0.05, 0) is 38.5 Å². The predicted molar refractivity (Wildman–Crippen MR) is 76.3 cm³/mol. The average Bonchev–Trinajstić information content (AvgIpc) is 2.37. The van der Waals surface area contributed by atoms with Gasteiger partial charge in [-0.25, -0.2) is 8.42 Å². The third-order valence-corrected chi connectivity index (χ3v) is 6.63. The maximum atomic E-state index is 12.6. The van der Waals surface area contributed by atoms with Gasteiger partial charge in [0.05, 0.1) is 27.4 Å². The van der Waals surface area contributed by atoms with Gasteiger partial charge in [-0.2, -0.15) is 13.2 Å². The Morgan fingerprint density at radius 3 is 2.38 bits per heavy atom. The Labute approximate surface area is 124 Å². The molecule has 0 radical (unpaired) electrons. The van der Waals surface area contributed by atoms with Crippen molar-refractivity contribution in [1.29, 1.82) is 0 Å². The van der Waals surface area contributed by atoms with E-state index in [9.17, 15) is 25.8 Å². The fourth-order valence-electron chi connectivity index (χ4n) is 1.56. The minimum Gasteiger partial charge on any atom is -0.254 e. The van der Waals surface area contributed by atoms with Crippen molar-refractivity contribution < 1.29 is 25.8 Å². The summed E-state index contributed by atoms with van der Waals surface area (Å²) < 4.78 is 72.8. The molecule has 0 N–H and O–H groups in total. The molecule has 0 spiro atoms. The van der Waals surface area contributed by atoms with E-state index in [-0.39, 0.29) is 22.8 Å². The molecule has 21 heavy (non-hydrogen) atoms. The van der Waals surface area contributed by atoms with Crippen LogP contribution in [0.1, 0.15) is 25.8 Å². The van der Waals surface area contributed by atoms with Crippen LogP contribution in [0.15, 0.2) is 29.2 Å². The SMILES string of the molecule is CC(C)S(=O)(=O)CCC[S@](=O)c1cccc(C(F)(F)F)c1. The molecule has 0 aliphatic rings. The number of benzene rings is 1. The predicted octanol–water partition coefficient (Wildman–Crippen LogP) is 3.03. The van der Waals surface area contributed by atoms with Crippen molar-refractivity contribution in [2.75, 3.05) is 11.5 Å². The molecule has 0 unspecified atom stereocenters. The Morgan fingerprint density at radius 1 is 1.24 bits per heavy atom. The van der Waals surface area contributed by atoms with Crippen LogP contribution in [0.2, 0.25) is 0 Å². The average molecular weight is 342 g/mol. The lowest BCUT2D eigenvalue weighted by atomic mass is 10.2. The van der Waals surface area contributed by atoms with Crippen LogP contribution in [-0.2, 0) is 26.8 Å². The first-order chi connectivity index (χ1) is 9.54. The van der Waals surface area contributed by atoms with Gasteiger partial charge >= 0.3 is 6.18 Å². The molecule has 3 nitrogen and oxygen atoms in total. The Bertz CT molecular complexity index is 607. The molecule has 1 aromatic carbocycles. The van der Waals surface area contributed by atoms with Gasteiger partial charge in [0.25, 0.3) is 0 Å². The molecule has 0 bridgehead atoms. The summed E-state index contributed by atoms with van der Waals surface area (Å²) in [5.74, 6) is -0.0946. The van der Waals surface area contributed by atoms with Crippen LogP contribution in [0.3, 0.4) is 0 Å². The zero-order valence-corrected chi connectivity index (χ0v) is 13.3. The van der Waals surface area contributed by atoms with Gasteiger partial charge in [-0.1, -0.05) is 6.07 Å². The molecule has 0 amide bonds. The zero-order chi connectivity index (χ0) is 16.3. The van der Waals surface area contributed by atoms with E-state index >= 15 is 0 Å². The number of rotatable bonds is 6. The lowest BCUT2D eigenvalue weighted by molar-refractivity contribution is -0.137. The molecule has 0 aliphatic heterocycles. The minimum absolute atomic E-state index is 0.0211. The van der Waals surface area contributed by atoms with Crippen LogP contribution in [0.5, 0.6) is 0 Å². The summed E-state index contributed by atoms with van der Waals surface area (Å²) >= 11 is 0. The molecule has 1 rings (SSSR count). The second kappa shape index (κ2) is 6.91. The fraction of sp³-hybridized carbons (Fsp3) is 0.538. The third kappa shape index (κ3) is 5.43. The zero-order valence-electron chi connectivity index (χ0n) is 11.7. The maximum absolute atomic E-state index is 12.6. The number of halogens is 3. The highest BCUT2D eigenvalue weighted by atomic mass is 32.2. The number of alkyl halides is 3. The first-order valence-corrected chi connectivity index (χ1v) is 9.34. The summed E-state index contributed by atoms with van der Waals surface area (Å²) in [6, 6.07) is 4.29. The third-order valence-electron chi connectivity index (χ3n) is 2.90. The standard InChI is InChI=1S/C13H17F3O3S2/c1-10(2)21(18,19)8-4-7-20(17)12-6-3-5-11(9-12)13(14,15)16/h3,5-6,9-10H,4,7-8H2,1-2H3/t20-/m0/s1. The summed E-state index contributed by atoms with van der Waals surface area (Å²) in [5.41, 5.74) is -0.858. The second-order valence-corrected chi connectivity index (χ2v) is 9.09. The van der Waals surface area contributed by atoms with Gasteiger partial charge in [0.2, 0.25) is 0 Å². The summed E-state index contributed by atoms with van der Waals surface area (Å²) in [5, 5.41) is -0.514. The highest BCUT2D eigenvalue weighted by Gasteiger charge is 2.30. The van der Waals surface area contributed by atoms with E-state index in [0.717, 1.165) is 12.1 Å². The molecule has 0 heterocycles. The van der Waals surface area contributed by atoms with Crippen molar-refractivity contribution in [2.45, 2.75) is 36.6 Å². The van der Waals surface area contributed by atoms with Crippen LogP contribution in [0.25, 0.3) is 0 Å². The molecular weight excluding hydrogens is 325 g/mol. The van der Waals surface area contributed by atoms with Crippen LogP contribution in [0.4, 0.5) is 13.2 Å². The highest BCUT2D eigenvalue weighted by Crippen LogP contribution is 2.30. The van der Waals surface area contributed by atoms with Gasteiger partial charge in [0.15, 0.2) is 9.84 Å². The highest BCUT2D eigenvalue weighted by molar-refractivity contribution is 7.92. The van der Waals surface area contributed by atoms with Gasteiger partial charge in [0, 0.05) is 10.6 Å². The molecule has 0 aromatic heterocycles. The topological polar surface area (TPSA) is 51.2 Å². The summed E-state index contributed by atoms with van der Waals surface area (Å²) in [7, 11) is -4.86. The van der Waals surface area contributed by atoms with Crippen LogP contribution in [0, 0.1) is 0 Å². The maximum Gasteiger partial charge on any atom is 0.416 e. The molecule has 1 aromatic rings. The van der Waals surface area contributed by atoms with E-state index in [1.54, 1.807) is 13.8 Å². The van der Waals surface area contributed by atoms with Gasteiger partial charge in [0.1, 0.15) is 0 Å². The molecule has 0 aliphatic carbocycles. The normalized spacial score (nSPS) is 14.4. The molecule has 1 atom stereocenters. The lowest BCUT2D eigenvalue weighted by Gasteiger charge is -2.09. The largest absolute Gasteiger partial charge is 0.416 e. The van der Waals surface area contributed by atoms with Gasteiger partial charge in [-0.15, -0.1) is 0 Å². The van der Waals surface area contributed by atoms with Crippen LogP contribution >= 0.6 is 0 Å². The van der Waals surface area contributed by atoms with E-state index < -0.39 is 37.6 Å². The van der Waals surface area contributed by atoms with Crippen molar-refractivity contribution in [2.24, 2.45) is 0 Å². The van der Waals surface area contributed by atoms with E-state index in [2.05, 4.69) is 0 Å². The molecular formula is C13H17F3O3S2. The molecule has 0 saturated heterocycles. The Balaban J connectivity index is 2.69. The summed E-state index contributed by atoms with van der Waals surface area (Å²) in [6.45, 7) is 3.11. The first kappa shape index (κ1) is 18.2. The first-order valence-electron chi connectivity index (χ1n) is 6.31. The van der Waals surface area contributed by atoms with E-state index in [1.165, 1.54) is 12.1 Å². The van der Waals surface area contributed by atoms with Crippen molar-refractivity contribution in [3.8, 4) is 0 Å². The van der Waals surface area contributed by atoms with E-state index in [0.29, 0.717) is 0 Å². The van der Waals surface area contributed by atoms with E-state index in [4.69, 9.17) is 0 Å². The number of hydrogen-bond acceptors (Lipinski definition) is 3. The molecule has 0 saturated carbocycles. The van der Waals surface area contributed by atoms with Crippen molar-refractivity contribution in [3.05, 3.63) is 29.8 Å². The quantitative estimate of drug-likeness (QED) is 0.798. The molecule has 0 fully saturated rings.